The number of allylic oxidation sites excluding steroid dienone is 6. The third-order valence-corrected chi connectivity index (χ3v) is 7.77. The zero-order valence-corrected chi connectivity index (χ0v) is 22.0. The predicted octanol–water partition coefficient (Wildman–Crippen LogP) is 6.36. The van der Waals surface area contributed by atoms with Gasteiger partial charge in [-0.25, -0.2) is 4.98 Å². The normalized spacial score (nSPS) is 17.2. The highest BCUT2D eigenvalue weighted by Crippen LogP contribution is 2.40. The summed E-state index contributed by atoms with van der Waals surface area (Å²) < 4.78 is 0. The number of hydrogen-bond donors (Lipinski definition) is 1. The number of halogens is 3. The van der Waals surface area contributed by atoms with E-state index in [-0.39, 0.29) is 50.0 Å². The number of aldehydes is 1. The van der Waals surface area contributed by atoms with Crippen LogP contribution in [0.1, 0.15) is 38.3 Å². The number of pyridine rings is 1. The van der Waals surface area contributed by atoms with Crippen molar-refractivity contribution in [1.82, 2.24) is 4.98 Å². The Morgan fingerprint density at radius 3 is 2.58 bits per heavy atom. The molecule has 2 aromatic rings. The van der Waals surface area contributed by atoms with Gasteiger partial charge in [0.15, 0.2) is 0 Å². The number of likely N-dealkylation sites (N-methyl/N-ethyl adjacent to an activating group) is 1. The molecule has 0 fully saturated rings. The molecule has 6 nitrogen and oxygen atoms in total. The molecule has 9 heteroatoms. The van der Waals surface area contributed by atoms with Crippen LogP contribution >= 0.6 is 34.8 Å². The van der Waals surface area contributed by atoms with Gasteiger partial charge in [0.05, 0.1) is 38.4 Å². The summed E-state index contributed by atoms with van der Waals surface area (Å²) in [7, 11) is 1.63. The van der Waals surface area contributed by atoms with Crippen LogP contribution in [0.2, 0.25) is 0 Å². The zero-order valence-electron chi connectivity index (χ0n) is 19.7. The second kappa shape index (κ2) is 10.6. The summed E-state index contributed by atoms with van der Waals surface area (Å²) in [5.41, 5.74) is 2.59. The Hall–Kier alpha value is -2.93. The van der Waals surface area contributed by atoms with Crippen molar-refractivity contribution in [2.75, 3.05) is 17.8 Å². The summed E-state index contributed by atoms with van der Waals surface area (Å²) in [4.78, 5) is 44.3. The SMILES string of the molecule is CC1=C(/C(Cl)=C(/Cl)CCl)C(=O)C(c2ccc3cccc(N(C)C(=O)C4=C(C=O)CCCC4)c3n2)=C1O. The van der Waals surface area contributed by atoms with Crippen LogP contribution in [0.3, 0.4) is 0 Å². The number of aliphatic hydroxyl groups is 1. The van der Waals surface area contributed by atoms with E-state index < -0.39 is 5.78 Å². The standard InChI is InChI=1S/C27H23Cl3N2O4/c1-14-21(23(30)18(29)12-28)26(35)22(25(14)34)19-11-10-15-7-5-9-20(24(15)31-19)32(2)27(36)17-8-4-3-6-16(17)13-33/h5,7,9-11,13,34H,3-4,6,8,12H2,1-2H3/b23-18-. The molecule has 0 saturated carbocycles. The maximum Gasteiger partial charge on any atom is 0.254 e. The van der Waals surface area contributed by atoms with E-state index in [9.17, 15) is 19.5 Å². The Morgan fingerprint density at radius 1 is 1.17 bits per heavy atom. The quantitative estimate of drug-likeness (QED) is 0.337. The number of carbonyl (C=O) groups is 3. The molecule has 0 atom stereocenters. The minimum absolute atomic E-state index is 0.0106. The first-order valence-corrected chi connectivity index (χ1v) is 12.6. The minimum atomic E-state index is -0.519. The topological polar surface area (TPSA) is 87.6 Å². The van der Waals surface area contributed by atoms with Gasteiger partial charge < -0.3 is 10.0 Å². The number of alkyl halides is 1. The molecule has 0 aliphatic heterocycles. The van der Waals surface area contributed by atoms with Gasteiger partial charge in [-0.1, -0.05) is 41.4 Å². The molecule has 2 aliphatic rings. The highest BCUT2D eigenvalue weighted by atomic mass is 35.5. The van der Waals surface area contributed by atoms with Crippen LogP contribution in [0, 0.1) is 0 Å². The second-order valence-corrected chi connectivity index (χ2v) is 9.74. The van der Waals surface area contributed by atoms with Crippen LogP contribution in [-0.4, -0.2) is 41.0 Å². The molecule has 1 amide bonds. The van der Waals surface area contributed by atoms with Crippen molar-refractivity contribution >= 4 is 74.9 Å². The highest BCUT2D eigenvalue weighted by molar-refractivity contribution is 6.48. The first-order valence-electron chi connectivity index (χ1n) is 11.4. The van der Waals surface area contributed by atoms with E-state index in [1.54, 1.807) is 38.2 Å². The second-order valence-electron chi connectivity index (χ2n) is 8.64. The number of aromatic nitrogens is 1. The van der Waals surface area contributed by atoms with Crippen molar-refractivity contribution in [3.63, 3.8) is 0 Å². The van der Waals surface area contributed by atoms with Crippen LogP contribution in [-0.2, 0) is 14.4 Å². The molecule has 1 N–H and O–H groups in total. The number of aliphatic hydroxyl groups excluding tert-OH is 1. The molecule has 1 heterocycles. The van der Waals surface area contributed by atoms with Crippen LogP contribution in [0.5, 0.6) is 0 Å². The molecular weight excluding hydrogens is 523 g/mol. The summed E-state index contributed by atoms with van der Waals surface area (Å²) >= 11 is 18.1. The Morgan fingerprint density at radius 2 is 1.89 bits per heavy atom. The number of rotatable bonds is 6. The van der Waals surface area contributed by atoms with Crippen molar-refractivity contribution in [1.29, 1.82) is 0 Å². The van der Waals surface area contributed by atoms with Gasteiger partial charge in [0.2, 0.25) is 5.78 Å². The summed E-state index contributed by atoms with van der Waals surface area (Å²) in [5.74, 6) is -1.11. The van der Waals surface area contributed by atoms with E-state index in [4.69, 9.17) is 34.8 Å². The maximum atomic E-state index is 13.3. The van der Waals surface area contributed by atoms with E-state index in [0.717, 1.165) is 24.5 Å². The molecule has 36 heavy (non-hydrogen) atoms. The summed E-state index contributed by atoms with van der Waals surface area (Å²) in [6.07, 6.45) is 3.63. The molecule has 186 valence electrons. The Labute approximate surface area is 223 Å². The van der Waals surface area contributed by atoms with E-state index in [1.165, 1.54) is 4.90 Å². The number of para-hydroxylation sites is 1. The fraction of sp³-hybridized carbons (Fsp3) is 0.259. The van der Waals surface area contributed by atoms with E-state index in [0.29, 0.717) is 35.2 Å². The molecule has 0 saturated heterocycles. The molecule has 0 unspecified atom stereocenters. The zero-order chi connectivity index (χ0) is 26.1. The van der Waals surface area contributed by atoms with Crippen molar-refractivity contribution < 1.29 is 19.5 Å². The molecule has 4 rings (SSSR count). The number of anilines is 1. The van der Waals surface area contributed by atoms with E-state index in [1.807, 2.05) is 6.07 Å². The first kappa shape index (κ1) is 26.1. The smallest absolute Gasteiger partial charge is 0.254 e. The number of benzene rings is 1. The van der Waals surface area contributed by atoms with Gasteiger partial charge in [-0.15, -0.1) is 11.6 Å². The van der Waals surface area contributed by atoms with Crippen molar-refractivity contribution in [2.45, 2.75) is 32.6 Å². The monoisotopic (exact) mass is 544 g/mol. The number of carbonyl (C=O) groups excluding carboxylic acids is 3. The Balaban J connectivity index is 1.79. The molecule has 0 spiro atoms. The van der Waals surface area contributed by atoms with Gasteiger partial charge in [-0.05, 0) is 44.7 Å². The summed E-state index contributed by atoms with van der Waals surface area (Å²) in [5, 5.41) is 11.6. The van der Waals surface area contributed by atoms with Crippen LogP contribution in [0.15, 0.2) is 68.4 Å². The lowest BCUT2D eigenvalue weighted by molar-refractivity contribution is -0.115. The fourth-order valence-electron chi connectivity index (χ4n) is 4.56. The largest absolute Gasteiger partial charge is 0.507 e. The van der Waals surface area contributed by atoms with Gasteiger partial charge in [0, 0.05) is 34.7 Å². The van der Waals surface area contributed by atoms with Crippen molar-refractivity contribution in [3.8, 4) is 0 Å². The lowest BCUT2D eigenvalue weighted by Crippen LogP contribution is -2.30. The average molecular weight is 546 g/mol. The van der Waals surface area contributed by atoms with Gasteiger partial charge >= 0.3 is 0 Å². The number of nitrogens with zero attached hydrogens (tertiary/aromatic N) is 2. The number of fused-ring (bicyclic) bond motifs is 1. The molecular formula is C27H23Cl3N2O4. The maximum absolute atomic E-state index is 13.3. The molecule has 1 aromatic carbocycles. The number of ketones is 1. The van der Waals surface area contributed by atoms with Crippen molar-refractivity contribution in [2.24, 2.45) is 0 Å². The minimum Gasteiger partial charge on any atom is -0.507 e. The number of hydrogen-bond acceptors (Lipinski definition) is 5. The van der Waals surface area contributed by atoms with Gasteiger partial charge in [-0.2, -0.15) is 0 Å². The number of amides is 1. The molecule has 1 aromatic heterocycles. The van der Waals surface area contributed by atoms with E-state index >= 15 is 0 Å². The van der Waals surface area contributed by atoms with E-state index in [2.05, 4.69) is 4.98 Å². The lowest BCUT2D eigenvalue weighted by atomic mass is 9.91. The number of Topliss-reactive ketones (excluding diaryl/α,β-unsaturated/α-hetero) is 1. The van der Waals surface area contributed by atoms with Crippen LogP contribution in [0.25, 0.3) is 16.5 Å². The highest BCUT2D eigenvalue weighted by Gasteiger charge is 2.35. The molecule has 0 radical (unpaired) electrons. The summed E-state index contributed by atoms with van der Waals surface area (Å²) in [6.45, 7) is 1.57. The average Bonchev–Trinajstić information content (AvgIpc) is 3.13. The molecule has 2 aliphatic carbocycles. The predicted molar refractivity (Wildman–Crippen MR) is 143 cm³/mol. The Bertz CT molecular complexity index is 1440. The van der Waals surface area contributed by atoms with Gasteiger partial charge in [0.25, 0.3) is 5.91 Å². The lowest BCUT2D eigenvalue weighted by Gasteiger charge is -2.23. The van der Waals surface area contributed by atoms with Crippen molar-refractivity contribution in [3.05, 3.63) is 74.1 Å². The van der Waals surface area contributed by atoms with Gasteiger partial charge in [-0.3, -0.25) is 14.4 Å². The van der Waals surface area contributed by atoms with Crippen LogP contribution in [0.4, 0.5) is 5.69 Å². The Kier molecular flexibility index (Phi) is 7.69. The fourth-order valence-corrected chi connectivity index (χ4v) is 5.15. The first-order chi connectivity index (χ1) is 17.2. The van der Waals surface area contributed by atoms with Gasteiger partial charge in [0.1, 0.15) is 12.0 Å². The molecule has 0 bridgehead atoms. The third-order valence-electron chi connectivity index (χ3n) is 6.53. The third kappa shape index (κ3) is 4.49. The van der Waals surface area contributed by atoms with Crippen LogP contribution < -0.4 is 4.90 Å². The summed E-state index contributed by atoms with van der Waals surface area (Å²) in [6, 6.07) is 8.78.